The normalized spacial score (nSPS) is 68.3. The van der Waals surface area contributed by atoms with Crippen molar-refractivity contribution in [3.05, 3.63) is 0 Å². The van der Waals surface area contributed by atoms with Crippen molar-refractivity contribution in [2.45, 2.75) is 26.2 Å². The molecular weight excluding hydrogens is 108 g/mol. The summed E-state index contributed by atoms with van der Waals surface area (Å²) >= 11 is 0. The summed E-state index contributed by atoms with van der Waals surface area (Å²) in [5.41, 5.74) is 0. The van der Waals surface area contributed by atoms with Gasteiger partial charge in [0.1, 0.15) is 0 Å². The Balaban J connectivity index is 1.93. The topological polar surface area (TPSA) is 0 Å². The molecule has 0 saturated heterocycles. The number of hydrogen-bond acceptors (Lipinski definition) is 0. The van der Waals surface area contributed by atoms with E-state index in [1.54, 1.807) is 19.3 Å². The van der Waals surface area contributed by atoms with E-state index in [2.05, 4.69) is 6.92 Å². The predicted octanol–water partition coefficient (Wildman–Crippen LogP) is 2.30. The highest BCUT2D eigenvalue weighted by atomic mass is 14.7. The maximum atomic E-state index is 2.47. The molecule has 3 fully saturated rings. The van der Waals surface area contributed by atoms with Crippen LogP contribution >= 0.6 is 0 Å². The van der Waals surface area contributed by atoms with Gasteiger partial charge in [-0.3, -0.25) is 0 Å². The summed E-state index contributed by atoms with van der Waals surface area (Å²) in [6, 6.07) is 0. The first-order valence-corrected chi connectivity index (χ1v) is 4.38. The van der Waals surface area contributed by atoms with Gasteiger partial charge < -0.3 is 0 Å². The van der Waals surface area contributed by atoms with Gasteiger partial charge in [-0.15, -0.1) is 0 Å². The van der Waals surface area contributed by atoms with Gasteiger partial charge >= 0.3 is 0 Å². The van der Waals surface area contributed by atoms with Crippen LogP contribution in [0.25, 0.3) is 0 Å². The maximum Gasteiger partial charge on any atom is -0.0323 e. The van der Waals surface area contributed by atoms with Crippen LogP contribution in [0.15, 0.2) is 0 Å². The molecule has 0 amide bonds. The van der Waals surface area contributed by atoms with Crippen molar-refractivity contribution in [2.24, 2.45) is 29.6 Å². The van der Waals surface area contributed by atoms with Gasteiger partial charge in [0.15, 0.2) is 0 Å². The third-order valence-electron chi connectivity index (χ3n) is 4.33. The van der Waals surface area contributed by atoms with Crippen molar-refractivity contribution in [1.82, 2.24) is 0 Å². The molecule has 0 N–H and O–H groups in total. The molecule has 3 aliphatic carbocycles. The van der Waals surface area contributed by atoms with Gasteiger partial charge in [-0.05, 0) is 48.9 Å². The monoisotopic (exact) mass is 122 g/mol. The molecule has 0 aromatic carbocycles. The van der Waals surface area contributed by atoms with Crippen LogP contribution in [0, 0.1) is 29.6 Å². The van der Waals surface area contributed by atoms with E-state index in [1.807, 2.05) is 0 Å². The fourth-order valence-corrected chi connectivity index (χ4v) is 3.74. The molecule has 3 aliphatic rings. The van der Waals surface area contributed by atoms with Crippen LogP contribution in [0.2, 0.25) is 0 Å². The van der Waals surface area contributed by atoms with E-state index in [1.165, 1.54) is 23.7 Å². The quantitative estimate of drug-likeness (QED) is 0.462. The summed E-state index contributed by atoms with van der Waals surface area (Å²) in [6.45, 7) is 2.47. The summed E-state index contributed by atoms with van der Waals surface area (Å²) in [5, 5.41) is 0. The molecule has 0 nitrogen and oxygen atoms in total. The van der Waals surface area contributed by atoms with Crippen LogP contribution in [-0.4, -0.2) is 0 Å². The van der Waals surface area contributed by atoms with E-state index in [4.69, 9.17) is 0 Å². The van der Waals surface area contributed by atoms with E-state index in [0.717, 1.165) is 5.92 Å². The first-order chi connectivity index (χ1) is 4.38. The minimum absolute atomic E-state index is 1.12. The molecule has 0 heteroatoms. The van der Waals surface area contributed by atoms with Crippen molar-refractivity contribution < 1.29 is 0 Å². The summed E-state index contributed by atoms with van der Waals surface area (Å²) in [6.07, 6.45) is 4.76. The lowest BCUT2D eigenvalue weighted by atomic mass is 9.47. The van der Waals surface area contributed by atoms with E-state index in [9.17, 15) is 0 Å². The maximum absolute atomic E-state index is 2.47. The minimum atomic E-state index is 1.12. The summed E-state index contributed by atoms with van der Waals surface area (Å²) in [7, 11) is 0. The van der Waals surface area contributed by atoms with E-state index in [-0.39, 0.29) is 0 Å². The average molecular weight is 122 g/mol. The highest BCUT2D eigenvalue weighted by Gasteiger charge is 2.61. The lowest BCUT2D eigenvalue weighted by Gasteiger charge is -2.58. The predicted molar refractivity (Wildman–Crippen MR) is 37.0 cm³/mol. The first-order valence-electron chi connectivity index (χ1n) is 4.38. The Morgan fingerprint density at radius 1 is 1.11 bits per heavy atom. The van der Waals surface area contributed by atoms with Gasteiger partial charge in [0.25, 0.3) is 0 Å². The fraction of sp³-hybridized carbons (Fsp3) is 1.00. The Morgan fingerprint density at radius 2 is 2.00 bits per heavy atom. The Kier molecular flexibility index (Phi) is 0.640. The molecule has 0 bridgehead atoms. The highest BCUT2D eigenvalue weighted by Crippen LogP contribution is 2.68. The van der Waals surface area contributed by atoms with Crippen LogP contribution in [-0.2, 0) is 0 Å². The Labute approximate surface area is 56.6 Å². The fourth-order valence-electron chi connectivity index (χ4n) is 3.74. The third-order valence-corrected chi connectivity index (χ3v) is 4.33. The van der Waals surface area contributed by atoms with Crippen LogP contribution < -0.4 is 0 Å². The van der Waals surface area contributed by atoms with Crippen molar-refractivity contribution in [2.75, 3.05) is 0 Å². The molecule has 0 spiro atoms. The van der Waals surface area contributed by atoms with Crippen LogP contribution in [0.5, 0.6) is 0 Å². The van der Waals surface area contributed by atoms with Crippen LogP contribution in [0.1, 0.15) is 26.2 Å². The van der Waals surface area contributed by atoms with Gasteiger partial charge in [0.05, 0.1) is 0 Å². The lowest BCUT2D eigenvalue weighted by Crippen LogP contribution is -2.52. The highest BCUT2D eigenvalue weighted by molar-refractivity contribution is 5.09. The standard InChI is InChI=1S/C9H14/c1-5-7-3-2-6-4-8(5)9(6)7/h5-9H,2-4H2,1H3/t5-,6?,7?,8?,9?/m0/s1. The SMILES string of the molecule is C[C@H]1C2CCC3CC1C32. The van der Waals surface area contributed by atoms with Crippen LogP contribution in [0.3, 0.4) is 0 Å². The molecule has 0 aliphatic heterocycles. The van der Waals surface area contributed by atoms with Crippen molar-refractivity contribution in [3.63, 3.8) is 0 Å². The minimum Gasteiger partial charge on any atom is -0.0620 e. The summed E-state index contributed by atoms with van der Waals surface area (Å²) in [5.74, 6) is 5.95. The van der Waals surface area contributed by atoms with Crippen molar-refractivity contribution in [1.29, 1.82) is 0 Å². The van der Waals surface area contributed by atoms with Crippen molar-refractivity contribution >= 4 is 0 Å². The smallest absolute Gasteiger partial charge is 0.0323 e. The van der Waals surface area contributed by atoms with E-state index in [0.29, 0.717) is 0 Å². The van der Waals surface area contributed by atoms with Crippen molar-refractivity contribution in [3.8, 4) is 0 Å². The second kappa shape index (κ2) is 1.21. The summed E-state index contributed by atoms with van der Waals surface area (Å²) < 4.78 is 0. The zero-order valence-electron chi connectivity index (χ0n) is 6.01. The molecule has 5 atom stereocenters. The van der Waals surface area contributed by atoms with Gasteiger partial charge in [0.2, 0.25) is 0 Å². The molecule has 0 heterocycles. The number of rotatable bonds is 0. The molecule has 3 rings (SSSR count). The second-order valence-electron chi connectivity index (χ2n) is 4.34. The average Bonchev–Trinajstić information content (AvgIpc) is 1.93. The molecule has 4 unspecified atom stereocenters. The first kappa shape index (κ1) is 4.76. The molecule has 9 heavy (non-hydrogen) atoms. The second-order valence-corrected chi connectivity index (χ2v) is 4.34. The molecule has 50 valence electrons. The van der Waals surface area contributed by atoms with Gasteiger partial charge in [-0.25, -0.2) is 0 Å². The van der Waals surface area contributed by atoms with E-state index >= 15 is 0 Å². The third kappa shape index (κ3) is 0.342. The number of hydrogen-bond donors (Lipinski definition) is 0. The zero-order chi connectivity index (χ0) is 6.01. The van der Waals surface area contributed by atoms with E-state index < -0.39 is 0 Å². The largest absolute Gasteiger partial charge is 0.0620 e. The Bertz CT molecular complexity index is 146. The lowest BCUT2D eigenvalue weighted by molar-refractivity contribution is -0.100. The van der Waals surface area contributed by atoms with Crippen LogP contribution in [0.4, 0.5) is 0 Å². The Hall–Kier alpha value is 0. The summed E-state index contributed by atoms with van der Waals surface area (Å²) in [4.78, 5) is 0. The Morgan fingerprint density at radius 3 is 2.78 bits per heavy atom. The zero-order valence-corrected chi connectivity index (χ0v) is 6.01. The molecule has 3 saturated carbocycles. The molecule has 0 aromatic heterocycles. The van der Waals surface area contributed by atoms with Gasteiger partial charge in [0, 0.05) is 0 Å². The van der Waals surface area contributed by atoms with Gasteiger partial charge in [-0.2, -0.15) is 0 Å². The molecular formula is C9H14. The van der Waals surface area contributed by atoms with Gasteiger partial charge in [-0.1, -0.05) is 6.92 Å². The molecule has 0 aromatic rings. The molecule has 0 radical (unpaired) electrons.